The lowest BCUT2D eigenvalue weighted by Crippen LogP contribution is -2.51. The van der Waals surface area contributed by atoms with E-state index in [1.165, 1.54) is 6.07 Å². The van der Waals surface area contributed by atoms with Crippen LogP contribution in [0.4, 0.5) is 13.2 Å². The number of halogens is 3. The first-order valence-corrected chi connectivity index (χ1v) is 6.78. The number of hydrogen-bond donors (Lipinski definition) is 0. The first-order valence-electron chi connectivity index (χ1n) is 6.78. The van der Waals surface area contributed by atoms with Crippen molar-refractivity contribution >= 4 is 16.8 Å². The van der Waals surface area contributed by atoms with Crippen molar-refractivity contribution in [2.45, 2.75) is 12.3 Å². The monoisotopic (exact) mass is 310 g/mol. The number of carbonyl (C=O) groups excluding carboxylic acids is 1. The highest BCUT2D eigenvalue weighted by Gasteiger charge is 2.44. The predicted molar refractivity (Wildman–Crippen MR) is 73.4 cm³/mol. The standard InChI is InChI=1S/C15H13F3N2O2/c16-15(17,18)13-9-20(7-8-22-13)14(21)12-6-5-10-3-1-2-4-11(10)19-12/h1-6,13H,7-9H2/t13-/m1/s1. The van der Waals surface area contributed by atoms with Crippen molar-refractivity contribution in [2.75, 3.05) is 19.7 Å². The number of ether oxygens (including phenoxy) is 1. The van der Waals surface area contributed by atoms with Gasteiger partial charge in [0.15, 0.2) is 6.10 Å². The van der Waals surface area contributed by atoms with Gasteiger partial charge in [0.25, 0.3) is 5.91 Å². The molecule has 0 saturated carbocycles. The summed E-state index contributed by atoms with van der Waals surface area (Å²) >= 11 is 0. The van der Waals surface area contributed by atoms with Crippen molar-refractivity contribution < 1.29 is 22.7 Å². The molecular formula is C15H13F3N2O2. The lowest BCUT2D eigenvalue weighted by Gasteiger charge is -2.33. The third kappa shape index (κ3) is 2.89. The Hall–Kier alpha value is -2.15. The summed E-state index contributed by atoms with van der Waals surface area (Å²) in [5, 5.41) is 0.870. The lowest BCUT2D eigenvalue weighted by molar-refractivity contribution is -0.233. The minimum absolute atomic E-state index is 0.125. The maximum atomic E-state index is 12.7. The minimum Gasteiger partial charge on any atom is -0.365 e. The van der Waals surface area contributed by atoms with E-state index in [1.807, 2.05) is 12.1 Å². The Kier molecular flexibility index (Phi) is 3.74. The molecule has 2 aromatic rings. The van der Waals surface area contributed by atoms with Gasteiger partial charge in [0, 0.05) is 11.9 Å². The van der Waals surface area contributed by atoms with Crippen molar-refractivity contribution in [2.24, 2.45) is 0 Å². The maximum Gasteiger partial charge on any atom is 0.416 e. The number of amides is 1. The summed E-state index contributed by atoms with van der Waals surface area (Å²) < 4.78 is 42.8. The van der Waals surface area contributed by atoms with Gasteiger partial charge in [0.1, 0.15) is 5.69 Å². The van der Waals surface area contributed by atoms with E-state index in [-0.39, 0.29) is 18.8 Å². The lowest BCUT2D eigenvalue weighted by atomic mass is 10.2. The van der Waals surface area contributed by atoms with Crippen LogP contribution < -0.4 is 0 Å². The minimum atomic E-state index is -4.48. The third-order valence-electron chi connectivity index (χ3n) is 3.54. The van der Waals surface area contributed by atoms with Gasteiger partial charge in [-0.2, -0.15) is 13.2 Å². The average molecular weight is 310 g/mol. The highest BCUT2D eigenvalue weighted by Crippen LogP contribution is 2.26. The molecule has 1 amide bonds. The summed E-state index contributed by atoms with van der Waals surface area (Å²) in [6.45, 7) is -0.514. The second kappa shape index (κ2) is 5.57. The van der Waals surface area contributed by atoms with E-state index >= 15 is 0 Å². The normalized spacial score (nSPS) is 19.4. The van der Waals surface area contributed by atoms with Gasteiger partial charge in [-0.25, -0.2) is 4.98 Å². The number of carbonyl (C=O) groups is 1. The molecule has 0 bridgehead atoms. The number of para-hydroxylation sites is 1. The number of nitrogens with zero attached hydrogens (tertiary/aromatic N) is 2. The van der Waals surface area contributed by atoms with Crippen LogP contribution >= 0.6 is 0 Å². The molecule has 1 atom stereocenters. The van der Waals surface area contributed by atoms with Gasteiger partial charge >= 0.3 is 6.18 Å². The molecule has 0 unspecified atom stereocenters. The Bertz CT molecular complexity index is 702. The Morgan fingerprint density at radius 3 is 2.77 bits per heavy atom. The van der Waals surface area contributed by atoms with E-state index in [1.54, 1.807) is 18.2 Å². The smallest absolute Gasteiger partial charge is 0.365 e. The molecule has 2 heterocycles. The van der Waals surface area contributed by atoms with Gasteiger partial charge in [-0.1, -0.05) is 24.3 Å². The molecule has 1 aliphatic heterocycles. The summed E-state index contributed by atoms with van der Waals surface area (Å²) in [5.41, 5.74) is 0.774. The van der Waals surface area contributed by atoms with Crippen LogP contribution in [0.2, 0.25) is 0 Å². The molecule has 22 heavy (non-hydrogen) atoms. The molecule has 1 saturated heterocycles. The quantitative estimate of drug-likeness (QED) is 0.813. The molecule has 3 rings (SSSR count). The largest absolute Gasteiger partial charge is 0.416 e. The highest BCUT2D eigenvalue weighted by molar-refractivity contribution is 5.95. The van der Waals surface area contributed by atoms with Crippen LogP contribution in [0.15, 0.2) is 36.4 Å². The number of morpholine rings is 1. The van der Waals surface area contributed by atoms with Crippen molar-refractivity contribution in [3.63, 3.8) is 0 Å². The molecule has 0 radical (unpaired) electrons. The number of hydrogen-bond acceptors (Lipinski definition) is 3. The molecule has 1 aromatic heterocycles. The second-order valence-corrected chi connectivity index (χ2v) is 5.04. The van der Waals surface area contributed by atoms with Crippen molar-refractivity contribution in [3.8, 4) is 0 Å². The zero-order valence-electron chi connectivity index (χ0n) is 11.5. The number of rotatable bonds is 1. The number of fused-ring (bicyclic) bond motifs is 1. The molecular weight excluding hydrogens is 297 g/mol. The zero-order valence-corrected chi connectivity index (χ0v) is 11.5. The predicted octanol–water partition coefficient (Wildman–Crippen LogP) is 2.64. The molecule has 1 fully saturated rings. The summed E-state index contributed by atoms with van der Waals surface area (Å²) in [6, 6.07) is 10.5. The van der Waals surface area contributed by atoms with E-state index in [4.69, 9.17) is 0 Å². The van der Waals surface area contributed by atoms with E-state index in [0.29, 0.717) is 5.52 Å². The molecule has 1 aromatic carbocycles. The van der Waals surface area contributed by atoms with Crippen molar-refractivity contribution in [1.29, 1.82) is 0 Å². The van der Waals surface area contributed by atoms with Gasteiger partial charge in [-0.05, 0) is 12.1 Å². The van der Waals surface area contributed by atoms with Crippen LogP contribution in [0.25, 0.3) is 10.9 Å². The average Bonchev–Trinajstić information content (AvgIpc) is 2.53. The van der Waals surface area contributed by atoms with Gasteiger partial charge in [-0.15, -0.1) is 0 Å². The third-order valence-corrected chi connectivity index (χ3v) is 3.54. The summed E-state index contributed by atoms with van der Waals surface area (Å²) in [4.78, 5) is 17.7. The first kappa shape index (κ1) is 14.8. The molecule has 0 aliphatic carbocycles. The fraction of sp³-hybridized carbons (Fsp3) is 0.333. The second-order valence-electron chi connectivity index (χ2n) is 5.04. The topological polar surface area (TPSA) is 42.4 Å². The van der Waals surface area contributed by atoms with E-state index in [0.717, 1.165) is 10.3 Å². The Morgan fingerprint density at radius 1 is 1.23 bits per heavy atom. The first-order chi connectivity index (χ1) is 10.4. The van der Waals surface area contributed by atoms with Crippen LogP contribution in [0.5, 0.6) is 0 Å². The van der Waals surface area contributed by atoms with Crippen LogP contribution in [0.3, 0.4) is 0 Å². The summed E-state index contributed by atoms with van der Waals surface area (Å²) in [6.07, 6.45) is -6.42. The Morgan fingerprint density at radius 2 is 2.00 bits per heavy atom. The molecule has 116 valence electrons. The Labute approximate surface area is 124 Å². The SMILES string of the molecule is O=C(c1ccc2ccccc2n1)N1CCO[C@@H](C(F)(F)F)C1. The van der Waals surface area contributed by atoms with Crippen LogP contribution in [0.1, 0.15) is 10.5 Å². The maximum absolute atomic E-state index is 12.7. The van der Waals surface area contributed by atoms with Gasteiger partial charge in [0.05, 0.1) is 18.7 Å². The summed E-state index contributed by atoms with van der Waals surface area (Å²) in [5.74, 6) is -0.511. The molecule has 1 aliphatic rings. The van der Waals surface area contributed by atoms with Crippen LogP contribution in [-0.2, 0) is 4.74 Å². The molecule has 0 spiro atoms. The number of aromatic nitrogens is 1. The van der Waals surface area contributed by atoms with Gasteiger partial charge in [-0.3, -0.25) is 4.79 Å². The summed E-state index contributed by atoms with van der Waals surface area (Å²) in [7, 11) is 0. The fourth-order valence-electron chi connectivity index (χ4n) is 2.38. The fourth-order valence-corrected chi connectivity index (χ4v) is 2.38. The van der Waals surface area contributed by atoms with Crippen molar-refractivity contribution in [1.82, 2.24) is 9.88 Å². The number of pyridine rings is 1. The van der Waals surface area contributed by atoms with E-state index in [2.05, 4.69) is 9.72 Å². The number of alkyl halides is 3. The number of benzene rings is 1. The zero-order chi connectivity index (χ0) is 15.7. The van der Waals surface area contributed by atoms with Gasteiger partial charge < -0.3 is 9.64 Å². The molecule has 7 heteroatoms. The molecule has 4 nitrogen and oxygen atoms in total. The van der Waals surface area contributed by atoms with Gasteiger partial charge in [0.2, 0.25) is 0 Å². The van der Waals surface area contributed by atoms with Crippen LogP contribution in [0, 0.1) is 0 Å². The Balaban J connectivity index is 1.82. The van der Waals surface area contributed by atoms with E-state index < -0.39 is 24.7 Å². The van der Waals surface area contributed by atoms with E-state index in [9.17, 15) is 18.0 Å². The van der Waals surface area contributed by atoms with Crippen molar-refractivity contribution in [3.05, 3.63) is 42.1 Å². The van der Waals surface area contributed by atoms with Crippen LogP contribution in [-0.4, -0.2) is 47.8 Å². The molecule has 0 N–H and O–H groups in total. The highest BCUT2D eigenvalue weighted by atomic mass is 19.4.